The molecule has 124 valence electrons. The fraction of sp³-hybridized carbons (Fsp3) is 0.632. The molecule has 1 aromatic rings. The van der Waals surface area contributed by atoms with E-state index in [2.05, 4.69) is 0 Å². The minimum atomic E-state index is -0.222. The number of benzene rings is 1. The van der Waals surface area contributed by atoms with E-state index >= 15 is 0 Å². The predicted octanol–water partition coefficient (Wildman–Crippen LogP) is 4.60. The van der Waals surface area contributed by atoms with Gasteiger partial charge in [-0.15, -0.1) is 0 Å². The Morgan fingerprint density at radius 3 is 1.86 bits per heavy atom. The van der Waals surface area contributed by atoms with Crippen molar-refractivity contribution in [3.63, 3.8) is 0 Å². The first kappa shape index (κ1) is 18.7. The van der Waals surface area contributed by atoms with Gasteiger partial charge in [0.15, 0.2) is 5.78 Å². The number of rotatable bonds is 5. The molecule has 0 aliphatic heterocycles. The van der Waals surface area contributed by atoms with Crippen LogP contribution in [0.4, 0.5) is 0 Å². The van der Waals surface area contributed by atoms with Crippen molar-refractivity contribution in [1.29, 1.82) is 0 Å². The van der Waals surface area contributed by atoms with Gasteiger partial charge in [-0.3, -0.25) is 4.79 Å². The van der Waals surface area contributed by atoms with Gasteiger partial charge in [0.25, 0.3) is 0 Å². The van der Waals surface area contributed by atoms with Crippen molar-refractivity contribution in [3.8, 4) is 5.75 Å². The standard InChI is InChI=1S/C19H30O3/c1-8-22-10-9-16(20)13-11-14(18(2,3)4)17(21)15(12-13)19(5,6)7/h11-12,21H,8-10H2,1-7H3. The highest BCUT2D eigenvalue weighted by molar-refractivity contribution is 5.97. The van der Waals surface area contributed by atoms with Crippen LogP contribution in [0.15, 0.2) is 12.1 Å². The molecular formula is C19H30O3. The molecule has 0 saturated heterocycles. The van der Waals surface area contributed by atoms with Gasteiger partial charge in [0, 0.05) is 29.7 Å². The number of hydrogen-bond acceptors (Lipinski definition) is 3. The number of hydrogen-bond donors (Lipinski definition) is 1. The monoisotopic (exact) mass is 306 g/mol. The van der Waals surface area contributed by atoms with Gasteiger partial charge in [-0.05, 0) is 29.9 Å². The third kappa shape index (κ3) is 4.57. The molecule has 1 rings (SSSR count). The van der Waals surface area contributed by atoms with Gasteiger partial charge in [-0.25, -0.2) is 0 Å². The summed E-state index contributed by atoms with van der Waals surface area (Å²) in [5.41, 5.74) is 1.85. The highest BCUT2D eigenvalue weighted by Crippen LogP contribution is 2.39. The van der Waals surface area contributed by atoms with Gasteiger partial charge in [0.05, 0.1) is 6.61 Å². The summed E-state index contributed by atoms with van der Waals surface area (Å²) >= 11 is 0. The summed E-state index contributed by atoms with van der Waals surface area (Å²) in [5, 5.41) is 10.6. The number of ketones is 1. The molecule has 0 fully saturated rings. The second-order valence-corrected chi connectivity index (χ2v) is 7.79. The zero-order chi connectivity index (χ0) is 17.1. The van der Waals surface area contributed by atoms with E-state index in [1.54, 1.807) is 0 Å². The molecule has 3 heteroatoms. The minimum absolute atomic E-state index is 0.0597. The summed E-state index contributed by atoms with van der Waals surface area (Å²) in [6.07, 6.45) is 0.367. The van der Waals surface area contributed by atoms with Crippen LogP contribution < -0.4 is 0 Å². The van der Waals surface area contributed by atoms with E-state index < -0.39 is 0 Å². The van der Waals surface area contributed by atoms with E-state index in [0.717, 1.165) is 11.1 Å². The maximum Gasteiger partial charge on any atom is 0.165 e. The van der Waals surface area contributed by atoms with Gasteiger partial charge < -0.3 is 9.84 Å². The fourth-order valence-electron chi connectivity index (χ4n) is 2.39. The SMILES string of the molecule is CCOCCC(=O)c1cc(C(C)(C)C)c(O)c(C(C)(C)C)c1. The summed E-state index contributed by atoms with van der Waals surface area (Å²) in [7, 11) is 0. The van der Waals surface area contributed by atoms with Gasteiger partial charge in [-0.1, -0.05) is 41.5 Å². The van der Waals surface area contributed by atoms with Crippen molar-refractivity contribution in [2.45, 2.75) is 65.7 Å². The fourth-order valence-corrected chi connectivity index (χ4v) is 2.39. The molecular weight excluding hydrogens is 276 g/mol. The summed E-state index contributed by atoms with van der Waals surface area (Å²) in [6.45, 7) is 15.2. The minimum Gasteiger partial charge on any atom is -0.507 e. The van der Waals surface area contributed by atoms with Crippen LogP contribution in [0.2, 0.25) is 0 Å². The number of phenols is 1. The maximum atomic E-state index is 12.4. The molecule has 0 bridgehead atoms. The van der Waals surface area contributed by atoms with Gasteiger partial charge in [0.2, 0.25) is 0 Å². The number of aromatic hydroxyl groups is 1. The molecule has 3 nitrogen and oxygen atoms in total. The number of carbonyl (C=O) groups is 1. The first-order valence-corrected chi connectivity index (χ1v) is 7.97. The molecule has 1 N–H and O–H groups in total. The molecule has 0 saturated carbocycles. The summed E-state index contributed by atoms with van der Waals surface area (Å²) in [5.74, 6) is 0.366. The van der Waals surface area contributed by atoms with Crippen LogP contribution in [0.1, 0.15) is 76.4 Å². The third-order valence-corrected chi connectivity index (χ3v) is 3.73. The van der Waals surface area contributed by atoms with Crippen molar-refractivity contribution in [3.05, 3.63) is 28.8 Å². The normalized spacial score (nSPS) is 12.5. The van der Waals surface area contributed by atoms with Crippen molar-refractivity contribution < 1.29 is 14.6 Å². The molecule has 0 aliphatic rings. The van der Waals surface area contributed by atoms with Crippen LogP contribution >= 0.6 is 0 Å². The highest BCUT2D eigenvalue weighted by atomic mass is 16.5. The highest BCUT2D eigenvalue weighted by Gasteiger charge is 2.27. The zero-order valence-electron chi connectivity index (χ0n) is 15.0. The van der Waals surface area contributed by atoms with Crippen LogP contribution in [0.3, 0.4) is 0 Å². The number of carbonyl (C=O) groups excluding carboxylic acids is 1. The lowest BCUT2D eigenvalue weighted by Crippen LogP contribution is -2.19. The van der Waals surface area contributed by atoms with E-state index in [1.165, 1.54) is 0 Å². The summed E-state index contributed by atoms with van der Waals surface area (Å²) < 4.78 is 5.27. The summed E-state index contributed by atoms with van der Waals surface area (Å²) in [6, 6.07) is 3.66. The average Bonchev–Trinajstić information content (AvgIpc) is 2.36. The molecule has 0 aliphatic carbocycles. The lowest BCUT2D eigenvalue weighted by molar-refractivity contribution is 0.0895. The maximum absolute atomic E-state index is 12.4. The Bertz CT molecular complexity index is 496. The Kier molecular flexibility index (Phi) is 5.80. The Hall–Kier alpha value is -1.35. The van der Waals surface area contributed by atoms with E-state index in [0.29, 0.717) is 30.9 Å². The van der Waals surface area contributed by atoms with Crippen molar-refractivity contribution in [2.75, 3.05) is 13.2 Å². The van der Waals surface area contributed by atoms with Crippen LogP contribution in [-0.4, -0.2) is 24.1 Å². The average molecular weight is 306 g/mol. The quantitative estimate of drug-likeness (QED) is 0.639. The molecule has 0 spiro atoms. The Morgan fingerprint density at radius 1 is 1.05 bits per heavy atom. The lowest BCUT2D eigenvalue weighted by atomic mass is 9.78. The molecule has 0 heterocycles. The lowest BCUT2D eigenvalue weighted by Gasteiger charge is -2.28. The molecule has 0 unspecified atom stereocenters. The van der Waals surface area contributed by atoms with Gasteiger partial charge in [-0.2, -0.15) is 0 Å². The third-order valence-electron chi connectivity index (χ3n) is 3.73. The Morgan fingerprint density at radius 2 is 1.50 bits per heavy atom. The second-order valence-electron chi connectivity index (χ2n) is 7.79. The first-order valence-electron chi connectivity index (χ1n) is 7.97. The largest absolute Gasteiger partial charge is 0.507 e. The topological polar surface area (TPSA) is 46.5 Å². The molecule has 0 atom stereocenters. The Labute approximate surface area is 134 Å². The van der Waals surface area contributed by atoms with Gasteiger partial charge in [0.1, 0.15) is 5.75 Å². The molecule has 0 aromatic heterocycles. The van der Waals surface area contributed by atoms with Crippen molar-refractivity contribution in [2.24, 2.45) is 0 Å². The Balaban J connectivity index is 3.32. The number of phenolic OH excluding ortho intramolecular Hbond substituents is 1. The van der Waals surface area contributed by atoms with Crippen LogP contribution in [-0.2, 0) is 15.6 Å². The molecule has 0 radical (unpaired) electrons. The zero-order valence-corrected chi connectivity index (χ0v) is 15.0. The van der Waals surface area contributed by atoms with Crippen molar-refractivity contribution >= 4 is 5.78 Å². The van der Waals surface area contributed by atoms with Crippen LogP contribution in [0.5, 0.6) is 5.75 Å². The van der Waals surface area contributed by atoms with Crippen molar-refractivity contribution in [1.82, 2.24) is 0 Å². The number of Topliss-reactive ketones (excluding diaryl/α,β-unsaturated/α-hetero) is 1. The van der Waals surface area contributed by atoms with Gasteiger partial charge >= 0.3 is 0 Å². The smallest absolute Gasteiger partial charge is 0.165 e. The molecule has 22 heavy (non-hydrogen) atoms. The van der Waals surface area contributed by atoms with E-state index in [9.17, 15) is 9.90 Å². The van der Waals surface area contributed by atoms with Crippen LogP contribution in [0, 0.1) is 0 Å². The molecule has 0 amide bonds. The number of ether oxygens (including phenoxy) is 1. The van der Waals surface area contributed by atoms with Crippen LogP contribution in [0.25, 0.3) is 0 Å². The van der Waals surface area contributed by atoms with E-state index in [-0.39, 0.29) is 16.6 Å². The summed E-state index contributed by atoms with van der Waals surface area (Å²) in [4.78, 5) is 12.4. The molecule has 1 aromatic carbocycles. The van der Waals surface area contributed by atoms with E-state index in [1.807, 2.05) is 60.6 Å². The second kappa shape index (κ2) is 6.82. The first-order chi connectivity index (χ1) is 9.98. The predicted molar refractivity (Wildman–Crippen MR) is 90.9 cm³/mol. The van der Waals surface area contributed by atoms with E-state index in [4.69, 9.17) is 4.74 Å².